The predicted molar refractivity (Wildman–Crippen MR) is 105 cm³/mol. The summed E-state index contributed by atoms with van der Waals surface area (Å²) in [4.78, 5) is 14.4. The van der Waals surface area contributed by atoms with Gasteiger partial charge in [0.05, 0.1) is 12.6 Å². The molecule has 0 aromatic heterocycles. The number of hydrogen-bond donors (Lipinski definition) is 0. The summed E-state index contributed by atoms with van der Waals surface area (Å²) in [5.41, 5.74) is 0.969. The van der Waals surface area contributed by atoms with Gasteiger partial charge in [0.25, 0.3) is 0 Å². The van der Waals surface area contributed by atoms with E-state index < -0.39 is 14.6 Å². The second-order valence-corrected chi connectivity index (χ2v) is 13.6. The quantitative estimate of drug-likeness (QED) is 0.544. The van der Waals surface area contributed by atoms with Crippen molar-refractivity contribution in [1.82, 2.24) is 4.90 Å². The number of benzene rings is 1. The van der Waals surface area contributed by atoms with Gasteiger partial charge in [-0.1, -0.05) is 51.1 Å². The maximum atomic E-state index is 12.6. The highest BCUT2D eigenvalue weighted by atomic mass is 28.4. The molecule has 3 rings (SSSR count). The van der Waals surface area contributed by atoms with E-state index >= 15 is 0 Å². The van der Waals surface area contributed by atoms with Crippen molar-refractivity contribution in [3.8, 4) is 0 Å². The molecular weight excluding hydrogens is 362 g/mol. The monoisotopic (exact) mass is 393 g/mol. The molecule has 2 aliphatic rings. The van der Waals surface area contributed by atoms with Crippen LogP contribution in [0.4, 0.5) is 4.79 Å². The lowest BCUT2D eigenvalue weighted by Crippen LogP contribution is -2.47. The number of hydrogen-bond acceptors (Lipinski definition) is 5. The van der Waals surface area contributed by atoms with Crippen molar-refractivity contribution in [1.29, 1.82) is 0 Å². The van der Waals surface area contributed by atoms with E-state index in [9.17, 15) is 4.79 Å². The van der Waals surface area contributed by atoms with Crippen LogP contribution in [0.25, 0.3) is 0 Å². The van der Waals surface area contributed by atoms with Crippen LogP contribution in [0.15, 0.2) is 30.3 Å². The molecule has 150 valence electrons. The Kier molecular flexibility index (Phi) is 5.68. The lowest BCUT2D eigenvalue weighted by atomic mass is 10.2. The van der Waals surface area contributed by atoms with Gasteiger partial charge in [-0.2, -0.15) is 0 Å². The zero-order chi connectivity index (χ0) is 19.8. The van der Waals surface area contributed by atoms with Crippen molar-refractivity contribution in [2.45, 2.75) is 70.0 Å². The van der Waals surface area contributed by atoms with Gasteiger partial charge < -0.3 is 18.6 Å². The van der Waals surface area contributed by atoms with Crippen LogP contribution in [0.1, 0.15) is 26.3 Å². The van der Waals surface area contributed by atoms with Crippen molar-refractivity contribution in [3.05, 3.63) is 35.9 Å². The van der Waals surface area contributed by atoms with Crippen LogP contribution in [-0.4, -0.2) is 57.5 Å². The Morgan fingerprint density at radius 2 is 1.85 bits per heavy atom. The van der Waals surface area contributed by atoms with Crippen molar-refractivity contribution < 1.29 is 23.4 Å². The summed E-state index contributed by atoms with van der Waals surface area (Å²) in [6, 6.07) is 9.55. The van der Waals surface area contributed by atoms with Crippen molar-refractivity contribution in [3.63, 3.8) is 0 Å². The summed E-state index contributed by atoms with van der Waals surface area (Å²) >= 11 is 0. The van der Waals surface area contributed by atoms with Gasteiger partial charge in [-0.15, -0.1) is 0 Å². The summed E-state index contributed by atoms with van der Waals surface area (Å²) < 4.78 is 23.3. The molecule has 1 aromatic carbocycles. The highest BCUT2D eigenvalue weighted by molar-refractivity contribution is 6.74. The van der Waals surface area contributed by atoms with Crippen LogP contribution in [0.3, 0.4) is 0 Å². The average molecular weight is 394 g/mol. The Morgan fingerprint density at radius 3 is 2.44 bits per heavy atom. The van der Waals surface area contributed by atoms with E-state index in [0.29, 0.717) is 6.61 Å². The first-order chi connectivity index (χ1) is 12.7. The highest BCUT2D eigenvalue weighted by Gasteiger charge is 2.67. The smallest absolute Gasteiger partial charge is 0.411 e. The summed E-state index contributed by atoms with van der Waals surface area (Å²) in [6.07, 6.45) is -0.915. The maximum absolute atomic E-state index is 12.6. The molecule has 1 amide bonds. The Hall–Kier alpha value is -1.41. The molecular formula is C20H31NO5Si. The van der Waals surface area contributed by atoms with Gasteiger partial charge in [0.1, 0.15) is 18.8 Å². The molecule has 0 radical (unpaired) electrons. The molecule has 0 aliphatic carbocycles. The average Bonchev–Trinajstić information content (AvgIpc) is 3.25. The summed E-state index contributed by atoms with van der Waals surface area (Å²) in [6.45, 7) is 11.6. The fraction of sp³-hybridized carbons (Fsp3) is 0.650. The molecule has 7 heteroatoms. The third-order valence-electron chi connectivity index (χ3n) is 5.84. The normalized spacial score (nSPS) is 27.4. The Morgan fingerprint density at radius 1 is 1.19 bits per heavy atom. The molecule has 0 unspecified atom stereocenters. The first-order valence-electron chi connectivity index (χ1n) is 9.47. The van der Waals surface area contributed by atoms with Crippen LogP contribution < -0.4 is 0 Å². The number of rotatable bonds is 6. The molecule has 0 N–H and O–H groups in total. The lowest BCUT2D eigenvalue weighted by molar-refractivity contribution is -0.125. The van der Waals surface area contributed by atoms with Crippen LogP contribution in [-0.2, 0) is 25.2 Å². The van der Waals surface area contributed by atoms with E-state index in [0.717, 1.165) is 5.56 Å². The summed E-state index contributed by atoms with van der Waals surface area (Å²) in [5, 5.41) is 0.0682. The Labute approximate surface area is 162 Å². The number of morpholine rings is 1. The lowest BCUT2D eigenvalue weighted by Gasteiger charge is -2.38. The number of amides is 1. The van der Waals surface area contributed by atoms with E-state index in [1.165, 1.54) is 0 Å². The van der Waals surface area contributed by atoms with Crippen LogP contribution in [0.5, 0.6) is 0 Å². The maximum Gasteiger partial charge on any atom is 0.411 e. The fourth-order valence-corrected chi connectivity index (χ4v) is 4.33. The number of nitrogens with zero attached hydrogens (tertiary/aromatic N) is 1. The molecule has 27 heavy (non-hydrogen) atoms. The van der Waals surface area contributed by atoms with Crippen molar-refractivity contribution >= 4 is 14.4 Å². The number of carbonyl (C=O) groups excluding carboxylic acids is 1. The fourth-order valence-electron chi connectivity index (χ4n) is 3.20. The first-order valence-corrected chi connectivity index (χ1v) is 12.4. The Balaban J connectivity index is 1.65. The highest BCUT2D eigenvalue weighted by Crippen LogP contribution is 2.47. The second kappa shape index (κ2) is 7.54. The van der Waals surface area contributed by atoms with Crippen molar-refractivity contribution in [2.75, 3.05) is 13.7 Å². The molecule has 6 nitrogen and oxygen atoms in total. The van der Waals surface area contributed by atoms with Crippen LogP contribution >= 0.6 is 0 Å². The zero-order valence-electron chi connectivity index (χ0n) is 17.1. The number of methoxy groups -OCH3 is 1. The summed E-state index contributed by atoms with van der Waals surface area (Å²) in [7, 11) is -0.378. The van der Waals surface area contributed by atoms with Crippen LogP contribution in [0.2, 0.25) is 18.1 Å². The van der Waals surface area contributed by atoms with E-state index in [-0.39, 0.29) is 35.9 Å². The predicted octanol–water partition coefficient (Wildman–Crippen LogP) is 3.77. The molecule has 2 heterocycles. The van der Waals surface area contributed by atoms with Crippen LogP contribution in [0, 0.1) is 0 Å². The molecule has 0 bridgehead atoms. The van der Waals surface area contributed by atoms with E-state index in [4.69, 9.17) is 18.6 Å². The molecule has 4 atom stereocenters. The first kappa shape index (κ1) is 20.3. The van der Waals surface area contributed by atoms with Gasteiger partial charge in [0, 0.05) is 7.11 Å². The summed E-state index contributed by atoms with van der Waals surface area (Å²) in [5.74, 6) is 0. The SMILES string of the molecule is COC[C@H]1O[C@H](O[Si](C)(C)C(C)(C)C)[C@@H]2[C@H]1N2C(=O)OCc1ccccc1. The van der Waals surface area contributed by atoms with Gasteiger partial charge in [0.2, 0.25) is 0 Å². The number of ether oxygens (including phenoxy) is 3. The second-order valence-electron chi connectivity index (χ2n) is 8.81. The standard InChI is InChI=1S/C20H31NO5Si/c1-20(2,3)27(5,6)26-18-17-16(15(25-18)13-23-4)21(17)19(22)24-12-14-10-8-7-9-11-14/h7-11,15-18H,12-13H2,1-6H3/t15-,16+,17+,18-,21?/m1/s1. The minimum Gasteiger partial charge on any atom is -0.445 e. The molecule has 2 saturated heterocycles. The Bertz CT molecular complexity index is 660. The van der Waals surface area contributed by atoms with E-state index in [1.807, 2.05) is 30.3 Å². The molecule has 2 aliphatic heterocycles. The van der Waals surface area contributed by atoms with E-state index in [2.05, 4.69) is 33.9 Å². The van der Waals surface area contributed by atoms with Gasteiger partial charge in [-0.25, -0.2) is 4.79 Å². The van der Waals surface area contributed by atoms with Gasteiger partial charge >= 0.3 is 6.09 Å². The molecule has 0 saturated carbocycles. The van der Waals surface area contributed by atoms with Gasteiger partial charge in [0.15, 0.2) is 14.6 Å². The van der Waals surface area contributed by atoms with E-state index in [1.54, 1.807) is 12.0 Å². The third-order valence-corrected chi connectivity index (χ3v) is 10.3. The van der Waals surface area contributed by atoms with Crippen molar-refractivity contribution in [2.24, 2.45) is 0 Å². The topological polar surface area (TPSA) is 57.0 Å². The minimum atomic E-state index is -2.02. The minimum absolute atomic E-state index is 0.0389. The zero-order valence-corrected chi connectivity index (χ0v) is 18.1. The largest absolute Gasteiger partial charge is 0.445 e. The molecule has 2 fully saturated rings. The molecule has 0 spiro atoms. The third kappa shape index (κ3) is 4.21. The van der Waals surface area contributed by atoms with Gasteiger partial charge in [-0.3, -0.25) is 4.90 Å². The van der Waals surface area contributed by atoms with Gasteiger partial charge in [-0.05, 0) is 23.7 Å². The molecule has 1 aromatic rings. The number of carbonyl (C=O) groups is 1. The number of fused-ring (bicyclic) bond motifs is 1.